The van der Waals surface area contributed by atoms with Crippen LogP contribution in [0.4, 0.5) is 5.69 Å². The van der Waals surface area contributed by atoms with Gasteiger partial charge in [0.25, 0.3) is 5.91 Å². The van der Waals surface area contributed by atoms with Crippen molar-refractivity contribution in [3.63, 3.8) is 0 Å². The number of fused-ring (bicyclic) bond motifs is 5. The molecule has 0 fully saturated rings. The van der Waals surface area contributed by atoms with E-state index in [1.807, 2.05) is 66.7 Å². The van der Waals surface area contributed by atoms with Crippen molar-refractivity contribution in [3.8, 4) is 17.3 Å². The minimum absolute atomic E-state index is 0.226. The van der Waals surface area contributed by atoms with Crippen LogP contribution in [0.5, 0.6) is 0 Å². The van der Waals surface area contributed by atoms with Gasteiger partial charge in [0.1, 0.15) is 0 Å². The van der Waals surface area contributed by atoms with Gasteiger partial charge in [-0.2, -0.15) is 5.26 Å². The highest BCUT2D eigenvalue weighted by Gasteiger charge is 2.38. The van der Waals surface area contributed by atoms with Gasteiger partial charge in [-0.3, -0.25) is 9.69 Å². The van der Waals surface area contributed by atoms with E-state index in [-0.39, 0.29) is 11.8 Å². The van der Waals surface area contributed by atoms with Crippen molar-refractivity contribution in [2.75, 3.05) is 4.90 Å². The molecule has 0 spiro atoms. The molecule has 1 aromatic heterocycles. The van der Waals surface area contributed by atoms with Crippen molar-refractivity contribution in [2.45, 2.75) is 11.9 Å². The number of nitrogens with zero attached hydrogens (tertiary/aromatic N) is 2. The number of benzene rings is 3. The maximum Gasteiger partial charge on any atom is 0.260 e. The summed E-state index contributed by atoms with van der Waals surface area (Å²) in [5.41, 5.74) is 5.55. The number of H-pyrrole nitrogens is 1. The van der Waals surface area contributed by atoms with Gasteiger partial charge in [0.15, 0.2) is 6.04 Å². The number of halogens is 1. The zero-order valence-electron chi connectivity index (χ0n) is 15.4. The number of nitriles is 1. The summed E-state index contributed by atoms with van der Waals surface area (Å²) in [4.78, 5) is 18.7. The third-order valence-electron chi connectivity index (χ3n) is 5.44. The van der Waals surface area contributed by atoms with Crippen LogP contribution in [-0.2, 0) is 5.88 Å². The standard InChI is InChI=1S/C24H16ClN3O/c25-13-15-7-1-2-8-16(15)24(29)28-20-12-6-4-10-18(20)23-22(21(28)14-26)17-9-3-5-11-19(17)27-23/h1-12,21,27H,13H2. The molecular formula is C24H16ClN3O. The fraction of sp³-hybridized carbons (Fsp3) is 0.0833. The first-order valence-corrected chi connectivity index (χ1v) is 9.85. The van der Waals surface area contributed by atoms with Gasteiger partial charge >= 0.3 is 0 Å². The topological polar surface area (TPSA) is 59.9 Å². The van der Waals surface area contributed by atoms with Crippen LogP contribution in [-0.4, -0.2) is 10.9 Å². The summed E-state index contributed by atoms with van der Waals surface area (Å²) in [6.07, 6.45) is 0. The highest BCUT2D eigenvalue weighted by molar-refractivity contribution is 6.19. The van der Waals surface area contributed by atoms with E-state index in [9.17, 15) is 10.1 Å². The Morgan fingerprint density at radius 3 is 2.59 bits per heavy atom. The molecule has 0 aliphatic carbocycles. The van der Waals surface area contributed by atoms with Gasteiger partial charge in [-0.25, -0.2) is 0 Å². The molecule has 4 nitrogen and oxygen atoms in total. The van der Waals surface area contributed by atoms with Gasteiger partial charge < -0.3 is 4.98 Å². The number of hydrogen-bond donors (Lipinski definition) is 1. The Hall–Kier alpha value is -3.55. The predicted molar refractivity (Wildman–Crippen MR) is 115 cm³/mol. The summed E-state index contributed by atoms with van der Waals surface area (Å²) in [6.45, 7) is 0. The maximum absolute atomic E-state index is 13.7. The highest BCUT2D eigenvalue weighted by atomic mass is 35.5. The second kappa shape index (κ2) is 6.80. The largest absolute Gasteiger partial charge is 0.354 e. The number of alkyl halides is 1. The first-order chi connectivity index (χ1) is 14.2. The molecule has 3 aromatic carbocycles. The van der Waals surface area contributed by atoms with Crippen molar-refractivity contribution in [3.05, 3.63) is 89.5 Å². The Kier molecular flexibility index (Phi) is 4.12. The third kappa shape index (κ3) is 2.55. The molecule has 0 saturated carbocycles. The molecule has 0 bridgehead atoms. The van der Waals surface area contributed by atoms with E-state index < -0.39 is 6.04 Å². The SMILES string of the molecule is N#CC1c2c([nH]c3ccccc23)-c2ccccc2N1C(=O)c1ccccc1CCl. The molecule has 5 rings (SSSR count). The Morgan fingerprint density at radius 1 is 1.03 bits per heavy atom. The lowest BCUT2D eigenvalue weighted by Crippen LogP contribution is -2.37. The van der Waals surface area contributed by atoms with E-state index in [2.05, 4.69) is 11.1 Å². The summed E-state index contributed by atoms with van der Waals surface area (Å²) in [6, 6.07) is 24.5. The summed E-state index contributed by atoms with van der Waals surface area (Å²) in [5, 5.41) is 11.1. The van der Waals surface area contributed by atoms with E-state index in [0.29, 0.717) is 11.3 Å². The fourth-order valence-corrected chi connectivity index (χ4v) is 4.38. The Labute approximate surface area is 173 Å². The zero-order valence-corrected chi connectivity index (χ0v) is 16.1. The molecule has 4 aromatic rings. The lowest BCUT2D eigenvalue weighted by molar-refractivity contribution is 0.0980. The van der Waals surface area contributed by atoms with Crippen molar-refractivity contribution in [1.82, 2.24) is 4.98 Å². The molecule has 2 heterocycles. The molecule has 1 aliphatic rings. The number of amides is 1. The minimum Gasteiger partial charge on any atom is -0.354 e. The maximum atomic E-state index is 13.7. The molecule has 1 N–H and O–H groups in total. The number of aromatic nitrogens is 1. The Balaban J connectivity index is 1.79. The molecule has 1 aliphatic heterocycles. The summed E-state index contributed by atoms with van der Waals surface area (Å²) in [7, 11) is 0. The van der Waals surface area contributed by atoms with E-state index in [4.69, 9.17) is 11.6 Å². The van der Waals surface area contributed by atoms with Crippen molar-refractivity contribution < 1.29 is 4.79 Å². The van der Waals surface area contributed by atoms with Crippen LogP contribution in [0.25, 0.3) is 22.2 Å². The van der Waals surface area contributed by atoms with Crippen LogP contribution in [0.3, 0.4) is 0 Å². The lowest BCUT2D eigenvalue weighted by atomic mass is 9.91. The summed E-state index contributed by atoms with van der Waals surface area (Å²) in [5.74, 6) is 0.00336. The molecule has 1 unspecified atom stereocenters. The summed E-state index contributed by atoms with van der Waals surface area (Å²) < 4.78 is 0. The minimum atomic E-state index is -0.744. The van der Waals surface area contributed by atoms with Crippen molar-refractivity contribution in [2.24, 2.45) is 0 Å². The lowest BCUT2D eigenvalue weighted by Gasteiger charge is -2.34. The molecule has 1 amide bonds. The van der Waals surface area contributed by atoms with Crippen molar-refractivity contribution >= 4 is 34.1 Å². The monoisotopic (exact) mass is 397 g/mol. The van der Waals surface area contributed by atoms with E-state index in [1.54, 1.807) is 11.0 Å². The average Bonchev–Trinajstić information content (AvgIpc) is 3.17. The van der Waals surface area contributed by atoms with Gasteiger partial charge in [0.2, 0.25) is 0 Å². The van der Waals surface area contributed by atoms with Crippen LogP contribution < -0.4 is 4.90 Å². The number of rotatable bonds is 2. The molecular weight excluding hydrogens is 382 g/mol. The fourth-order valence-electron chi connectivity index (χ4n) is 4.15. The third-order valence-corrected chi connectivity index (χ3v) is 5.73. The van der Waals surface area contributed by atoms with Gasteiger partial charge in [0, 0.05) is 33.5 Å². The molecule has 0 saturated heterocycles. The Morgan fingerprint density at radius 2 is 1.76 bits per heavy atom. The Bertz CT molecular complexity index is 1300. The molecule has 140 valence electrons. The van der Waals surface area contributed by atoms with Gasteiger partial charge in [-0.15, -0.1) is 11.6 Å². The number of anilines is 1. The first-order valence-electron chi connectivity index (χ1n) is 9.31. The normalized spacial score (nSPS) is 14.9. The van der Waals surface area contributed by atoms with Crippen LogP contribution >= 0.6 is 11.6 Å². The van der Waals surface area contributed by atoms with E-state index >= 15 is 0 Å². The molecule has 1 atom stereocenters. The van der Waals surface area contributed by atoms with Crippen LogP contribution in [0.2, 0.25) is 0 Å². The van der Waals surface area contributed by atoms with Gasteiger partial charge in [-0.05, 0) is 23.8 Å². The molecule has 29 heavy (non-hydrogen) atoms. The number of carbonyl (C=O) groups is 1. The second-order valence-electron chi connectivity index (χ2n) is 6.97. The quantitative estimate of drug-likeness (QED) is 0.434. The van der Waals surface area contributed by atoms with Crippen LogP contribution in [0.1, 0.15) is 27.5 Å². The van der Waals surface area contributed by atoms with Crippen LogP contribution in [0, 0.1) is 11.3 Å². The average molecular weight is 398 g/mol. The van der Waals surface area contributed by atoms with Gasteiger partial charge in [0.05, 0.1) is 17.5 Å². The number of para-hydroxylation sites is 2. The highest BCUT2D eigenvalue weighted by Crippen LogP contribution is 2.47. The number of nitrogens with one attached hydrogen (secondary N) is 1. The molecule has 0 radical (unpaired) electrons. The zero-order chi connectivity index (χ0) is 20.0. The molecule has 5 heteroatoms. The van der Waals surface area contributed by atoms with Gasteiger partial charge in [-0.1, -0.05) is 54.6 Å². The number of hydrogen-bond acceptors (Lipinski definition) is 2. The van der Waals surface area contributed by atoms with E-state index in [1.165, 1.54) is 0 Å². The number of aromatic amines is 1. The second-order valence-corrected chi connectivity index (χ2v) is 7.24. The summed E-state index contributed by atoms with van der Waals surface area (Å²) >= 11 is 6.09. The van der Waals surface area contributed by atoms with E-state index in [0.717, 1.165) is 33.3 Å². The van der Waals surface area contributed by atoms with Crippen LogP contribution in [0.15, 0.2) is 72.8 Å². The first kappa shape index (κ1) is 17.5. The smallest absolute Gasteiger partial charge is 0.260 e. The predicted octanol–water partition coefficient (Wildman–Crippen LogP) is 5.80. The number of carbonyl (C=O) groups excluding carboxylic acids is 1. The van der Waals surface area contributed by atoms with Crippen molar-refractivity contribution in [1.29, 1.82) is 5.26 Å².